The molecule has 3 nitrogen and oxygen atoms in total. The summed E-state index contributed by atoms with van der Waals surface area (Å²) < 4.78 is 0. The average Bonchev–Trinajstić information content (AvgIpc) is 2.42. The highest BCUT2D eigenvalue weighted by molar-refractivity contribution is 5.40. The van der Waals surface area contributed by atoms with Crippen LogP contribution in [-0.2, 0) is 0 Å². The molecule has 0 aliphatic rings. The number of hydrogen-bond acceptors (Lipinski definition) is 3. The van der Waals surface area contributed by atoms with Gasteiger partial charge >= 0.3 is 0 Å². The minimum absolute atomic E-state index is 0.592. The number of benzene rings is 1. The van der Waals surface area contributed by atoms with Crippen molar-refractivity contribution >= 4 is 5.69 Å². The molecule has 0 aromatic heterocycles. The zero-order valence-electron chi connectivity index (χ0n) is 13.6. The van der Waals surface area contributed by atoms with E-state index in [9.17, 15) is 0 Å². The fourth-order valence-corrected chi connectivity index (χ4v) is 2.36. The van der Waals surface area contributed by atoms with Gasteiger partial charge in [0.15, 0.2) is 0 Å². The van der Waals surface area contributed by atoms with E-state index in [1.807, 2.05) is 12.1 Å². The number of nitrogens with two attached hydrogens (primary N) is 1. The highest BCUT2D eigenvalue weighted by atomic mass is 15.2. The van der Waals surface area contributed by atoms with E-state index in [4.69, 9.17) is 5.73 Å². The molecule has 0 amide bonds. The zero-order valence-corrected chi connectivity index (χ0v) is 13.6. The SMILES string of the molecule is CCCN(CCC(C)c1ccc(N)cc1)CCN(C)C. The maximum absolute atomic E-state index is 5.74. The Bertz CT molecular complexity index is 359. The quantitative estimate of drug-likeness (QED) is 0.704. The van der Waals surface area contributed by atoms with Gasteiger partial charge in [0, 0.05) is 18.8 Å². The van der Waals surface area contributed by atoms with Crippen molar-refractivity contribution in [2.75, 3.05) is 46.0 Å². The number of hydrogen-bond donors (Lipinski definition) is 1. The molecule has 0 aliphatic carbocycles. The van der Waals surface area contributed by atoms with Gasteiger partial charge in [-0.3, -0.25) is 0 Å². The molecule has 0 saturated carbocycles. The normalized spacial score (nSPS) is 13.1. The number of rotatable bonds is 9. The van der Waals surface area contributed by atoms with E-state index in [0.717, 1.165) is 18.8 Å². The van der Waals surface area contributed by atoms with Gasteiger partial charge in [0.05, 0.1) is 0 Å². The van der Waals surface area contributed by atoms with Gasteiger partial charge in [0.1, 0.15) is 0 Å². The second kappa shape index (κ2) is 8.98. The third-order valence-electron chi connectivity index (χ3n) is 3.79. The van der Waals surface area contributed by atoms with Crippen LogP contribution in [0.25, 0.3) is 0 Å². The van der Waals surface area contributed by atoms with Crippen LogP contribution in [0.4, 0.5) is 5.69 Å². The highest BCUT2D eigenvalue weighted by Crippen LogP contribution is 2.20. The van der Waals surface area contributed by atoms with Crippen molar-refractivity contribution in [2.45, 2.75) is 32.6 Å². The Kier molecular flexibility index (Phi) is 7.63. The van der Waals surface area contributed by atoms with Crippen LogP contribution < -0.4 is 5.73 Å². The van der Waals surface area contributed by atoms with Crippen LogP contribution in [0.3, 0.4) is 0 Å². The molecular formula is C17H31N3. The fraction of sp³-hybridized carbons (Fsp3) is 0.647. The lowest BCUT2D eigenvalue weighted by molar-refractivity contribution is 0.234. The van der Waals surface area contributed by atoms with Crippen LogP contribution >= 0.6 is 0 Å². The molecule has 1 atom stereocenters. The number of anilines is 1. The summed E-state index contributed by atoms with van der Waals surface area (Å²) in [6.45, 7) is 9.23. The average molecular weight is 277 g/mol. The second-order valence-corrected chi connectivity index (χ2v) is 6.00. The van der Waals surface area contributed by atoms with Crippen LogP contribution in [0.2, 0.25) is 0 Å². The van der Waals surface area contributed by atoms with Crippen LogP contribution in [0, 0.1) is 0 Å². The Morgan fingerprint density at radius 3 is 2.20 bits per heavy atom. The van der Waals surface area contributed by atoms with E-state index in [1.54, 1.807) is 0 Å². The van der Waals surface area contributed by atoms with Crippen molar-refractivity contribution < 1.29 is 0 Å². The molecule has 114 valence electrons. The first-order chi connectivity index (χ1) is 9.52. The van der Waals surface area contributed by atoms with Crippen molar-refractivity contribution in [3.05, 3.63) is 29.8 Å². The van der Waals surface area contributed by atoms with Gasteiger partial charge in [-0.2, -0.15) is 0 Å². The summed E-state index contributed by atoms with van der Waals surface area (Å²) in [6.07, 6.45) is 2.43. The van der Waals surface area contributed by atoms with Crippen LogP contribution in [-0.4, -0.2) is 50.1 Å². The first-order valence-electron chi connectivity index (χ1n) is 7.75. The van der Waals surface area contributed by atoms with Crippen molar-refractivity contribution in [3.8, 4) is 0 Å². The minimum Gasteiger partial charge on any atom is -0.399 e. The molecule has 20 heavy (non-hydrogen) atoms. The van der Waals surface area contributed by atoms with Gasteiger partial charge in [0.25, 0.3) is 0 Å². The van der Waals surface area contributed by atoms with Crippen molar-refractivity contribution in [2.24, 2.45) is 0 Å². The molecule has 0 spiro atoms. The smallest absolute Gasteiger partial charge is 0.0314 e. The van der Waals surface area contributed by atoms with E-state index in [2.05, 4.69) is 49.9 Å². The zero-order chi connectivity index (χ0) is 15.0. The predicted octanol–water partition coefficient (Wildman–Crippen LogP) is 3.04. The lowest BCUT2D eigenvalue weighted by Crippen LogP contribution is -2.33. The lowest BCUT2D eigenvalue weighted by atomic mass is 9.97. The molecule has 0 bridgehead atoms. The summed E-state index contributed by atoms with van der Waals surface area (Å²) >= 11 is 0. The van der Waals surface area contributed by atoms with E-state index >= 15 is 0 Å². The van der Waals surface area contributed by atoms with E-state index < -0.39 is 0 Å². The fourth-order valence-electron chi connectivity index (χ4n) is 2.36. The maximum atomic E-state index is 5.74. The Morgan fingerprint density at radius 1 is 1.00 bits per heavy atom. The lowest BCUT2D eigenvalue weighted by Gasteiger charge is -2.25. The molecule has 1 aromatic rings. The summed E-state index contributed by atoms with van der Waals surface area (Å²) in [7, 11) is 4.28. The van der Waals surface area contributed by atoms with Gasteiger partial charge in [-0.15, -0.1) is 0 Å². The second-order valence-electron chi connectivity index (χ2n) is 6.00. The van der Waals surface area contributed by atoms with E-state index in [1.165, 1.54) is 31.5 Å². The van der Waals surface area contributed by atoms with Gasteiger partial charge in [-0.1, -0.05) is 26.0 Å². The van der Waals surface area contributed by atoms with Crippen molar-refractivity contribution in [1.82, 2.24) is 9.80 Å². The topological polar surface area (TPSA) is 32.5 Å². The number of likely N-dealkylation sites (N-methyl/N-ethyl adjacent to an activating group) is 1. The summed E-state index contributed by atoms with van der Waals surface area (Å²) in [5.74, 6) is 0.592. The molecule has 0 saturated heterocycles. The van der Waals surface area contributed by atoms with Crippen molar-refractivity contribution in [3.63, 3.8) is 0 Å². The van der Waals surface area contributed by atoms with Crippen LogP contribution in [0.5, 0.6) is 0 Å². The molecule has 0 aliphatic heterocycles. The minimum atomic E-state index is 0.592. The highest BCUT2D eigenvalue weighted by Gasteiger charge is 2.09. The first-order valence-corrected chi connectivity index (χ1v) is 7.75. The Hall–Kier alpha value is -1.06. The third kappa shape index (κ3) is 6.40. The van der Waals surface area contributed by atoms with E-state index in [-0.39, 0.29) is 0 Å². The molecule has 1 aromatic carbocycles. The maximum Gasteiger partial charge on any atom is 0.0314 e. The number of nitrogen functional groups attached to an aromatic ring is 1. The van der Waals surface area contributed by atoms with Crippen LogP contribution in [0.1, 0.15) is 38.2 Å². The van der Waals surface area contributed by atoms with Gasteiger partial charge in [0.2, 0.25) is 0 Å². The molecule has 0 heterocycles. The largest absolute Gasteiger partial charge is 0.399 e. The summed E-state index contributed by atoms with van der Waals surface area (Å²) in [5, 5.41) is 0. The standard InChI is InChI=1S/C17H31N3/c1-5-11-20(14-13-19(3)4)12-10-15(2)16-6-8-17(18)9-7-16/h6-9,15H,5,10-14,18H2,1-4H3. The Labute approximate surface area is 124 Å². The molecular weight excluding hydrogens is 246 g/mol. The third-order valence-corrected chi connectivity index (χ3v) is 3.79. The predicted molar refractivity (Wildman–Crippen MR) is 89.2 cm³/mol. The summed E-state index contributed by atoms with van der Waals surface area (Å²) in [5.41, 5.74) is 7.98. The molecule has 0 fully saturated rings. The summed E-state index contributed by atoms with van der Waals surface area (Å²) in [6, 6.07) is 8.32. The Balaban J connectivity index is 2.42. The monoisotopic (exact) mass is 277 g/mol. The van der Waals surface area contributed by atoms with Gasteiger partial charge < -0.3 is 15.5 Å². The molecule has 2 N–H and O–H groups in total. The number of nitrogens with zero attached hydrogens (tertiary/aromatic N) is 2. The molecule has 1 unspecified atom stereocenters. The van der Waals surface area contributed by atoms with Crippen LogP contribution in [0.15, 0.2) is 24.3 Å². The molecule has 3 heteroatoms. The van der Waals surface area contributed by atoms with Crippen molar-refractivity contribution in [1.29, 1.82) is 0 Å². The van der Waals surface area contributed by atoms with Gasteiger partial charge in [-0.25, -0.2) is 0 Å². The summed E-state index contributed by atoms with van der Waals surface area (Å²) in [4.78, 5) is 4.83. The van der Waals surface area contributed by atoms with Gasteiger partial charge in [-0.05, 0) is 63.6 Å². The Morgan fingerprint density at radius 2 is 1.65 bits per heavy atom. The molecule has 0 radical (unpaired) electrons. The van der Waals surface area contributed by atoms with E-state index in [0.29, 0.717) is 5.92 Å². The molecule has 1 rings (SSSR count). The first kappa shape index (κ1) is 17.0.